The summed E-state index contributed by atoms with van der Waals surface area (Å²) in [7, 11) is 0. The zero-order chi connectivity index (χ0) is 27.8. The first-order valence-electron chi connectivity index (χ1n) is 11.7. The van der Waals surface area contributed by atoms with E-state index in [1.54, 1.807) is 43.3 Å². The van der Waals surface area contributed by atoms with E-state index in [9.17, 15) is 14.4 Å². The molecule has 0 aliphatic carbocycles. The molecule has 0 saturated carbocycles. The quantitative estimate of drug-likeness (QED) is 0.213. The maximum absolute atomic E-state index is 12.8. The van der Waals surface area contributed by atoms with E-state index in [0.29, 0.717) is 34.3 Å². The molecule has 0 aliphatic rings. The van der Waals surface area contributed by atoms with Crippen molar-refractivity contribution in [2.75, 3.05) is 0 Å². The molecule has 0 unspecified atom stereocenters. The summed E-state index contributed by atoms with van der Waals surface area (Å²) in [5, 5.41) is 16.4. The lowest BCUT2D eigenvalue weighted by molar-refractivity contribution is -0.132. The number of carbonyl (C=O) groups is 3. The van der Waals surface area contributed by atoms with Crippen LogP contribution in [-0.4, -0.2) is 41.3 Å². The van der Waals surface area contributed by atoms with Gasteiger partial charge in [0.15, 0.2) is 6.10 Å². The molecule has 9 nitrogen and oxygen atoms in total. The van der Waals surface area contributed by atoms with Gasteiger partial charge in [-0.25, -0.2) is 10.2 Å². The van der Waals surface area contributed by atoms with Crippen LogP contribution in [0.1, 0.15) is 43.3 Å². The summed E-state index contributed by atoms with van der Waals surface area (Å²) in [6.07, 6.45) is 0.777. The molecule has 0 aliphatic heterocycles. The van der Waals surface area contributed by atoms with Crippen molar-refractivity contribution in [2.45, 2.75) is 39.3 Å². The lowest BCUT2D eigenvalue weighted by Gasteiger charge is -2.22. The highest BCUT2D eigenvalue weighted by Gasteiger charge is 2.25. The fourth-order valence-corrected chi connectivity index (χ4v) is 3.85. The molecule has 3 aromatic rings. The molecule has 3 rings (SSSR count). The smallest absolute Gasteiger partial charge is 0.335 e. The summed E-state index contributed by atoms with van der Waals surface area (Å²) in [5.74, 6) is -0.731. The minimum atomic E-state index is -1.01. The Hall–Kier alpha value is -3.82. The van der Waals surface area contributed by atoms with Gasteiger partial charge in [0.25, 0.3) is 11.8 Å². The van der Waals surface area contributed by atoms with Crippen LogP contribution >= 0.6 is 23.2 Å². The van der Waals surface area contributed by atoms with E-state index in [1.165, 1.54) is 24.4 Å². The Morgan fingerprint density at radius 1 is 1.03 bits per heavy atom. The molecular weight excluding hydrogens is 533 g/mol. The molecule has 0 radical (unpaired) electrons. The molecule has 2 amide bonds. The molecule has 2 atom stereocenters. The zero-order valence-electron chi connectivity index (χ0n) is 20.9. The summed E-state index contributed by atoms with van der Waals surface area (Å²) < 4.78 is 11.3. The third kappa shape index (κ3) is 8.09. The van der Waals surface area contributed by atoms with Crippen LogP contribution in [0.4, 0.5) is 0 Å². The average molecular weight is 560 g/mol. The van der Waals surface area contributed by atoms with Gasteiger partial charge >= 0.3 is 5.97 Å². The minimum Gasteiger partial charge on any atom is -0.479 e. The number of carboxylic acids is 1. The van der Waals surface area contributed by atoms with Crippen LogP contribution in [-0.2, 0) is 9.59 Å². The molecule has 0 bridgehead atoms. The first kappa shape index (κ1) is 28.7. The van der Waals surface area contributed by atoms with Crippen molar-refractivity contribution in [3.8, 4) is 17.1 Å². The number of hydrogen-bond donors (Lipinski definition) is 3. The number of rotatable bonds is 11. The standard InChI is InChI=1S/C27H27Cl2N3O6/c1-15(2)12-22(31-25(33)16(3)37-24-10-8-19(28)13-21(24)29)26(34)32-30-14-20-9-11-23(38-20)17-4-6-18(7-5-17)27(35)36/h4-11,13-16,22H,12H2,1-3H3,(H,31,33)(H,32,34)(H,35,36)/b30-14-/t16-,22-/m1/s1. The van der Waals surface area contributed by atoms with Gasteiger partial charge in [0, 0.05) is 10.6 Å². The van der Waals surface area contributed by atoms with Crippen molar-refractivity contribution in [1.29, 1.82) is 0 Å². The predicted octanol–water partition coefficient (Wildman–Crippen LogP) is 5.40. The van der Waals surface area contributed by atoms with Gasteiger partial charge < -0.3 is 19.6 Å². The molecule has 0 saturated heterocycles. The highest BCUT2D eigenvalue weighted by atomic mass is 35.5. The molecule has 38 heavy (non-hydrogen) atoms. The Morgan fingerprint density at radius 3 is 2.37 bits per heavy atom. The lowest BCUT2D eigenvalue weighted by Crippen LogP contribution is -2.49. The van der Waals surface area contributed by atoms with Gasteiger partial charge in [-0.3, -0.25) is 9.59 Å². The molecule has 0 fully saturated rings. The van der Waals surface area contributed by atoms with Crippen LogP contribution in [0, 0.1) is 5.92 Å². The number of benzene rings is 2. The number of nitrogens with zero attached hydrogens (tertiary/aromatic N) is 1. The van der Waals surface area contributed by atoms with Gasteiger partial charge in [-0.2, -0.15) is 5.10 Å². The van der Waals surface area contributed by atoms with Gasteiger partial charge in [0.05, 0.1) is 16.8 Å². The van der Waals surface area contributed by atoms with Crippen LogP contribution in [0.3, 0.4) is 0 Å². The number of aromatic carboxylic acids is 1. The maximum Gasteiger partial charge on any atom is 0.335 e. The fourth-order valence-electron chi connectivity index (χ4n) is 3.40. The van der Waals surface area contributed by atoms with Gasteiger partial charge in [-0.1, -0.05) is 49.2 Å². The number of ether oxygens (including phenoxy) is 1. The summed E-state index contributed by atoms with van der Waals surface area (Å²) in [4.78, 5) is 36.5. The van der Waals surface area contributed by atoms with Crippen molar-refractivity contribution in [3.63, 3.8) is 0 Å². The number of furan rings is 1. The first-order chi connectivity index (χ1) is 18.0. The molecule has 0 spiro atoms. The average Bonchev–Trinajstić information content (AvgIpc) is 3.33. The Balaban J connectivity index is 1.60. The van der Waals surface area contributed by atoms with Crippen molar-refractivity contribution in [3.05, 3.63) is 76.0 Å². The van der Waals surface area contributed by atoms with E-state index in [-0.39, 0.29) is 16.5 Å². The van der Waals surface area contributed by atoms with Crippen LogP contribution in [0.25, 0.3) is 11.3 Å². The Kier molecular flexibility index (Phi) is 9.92. The number of carboxylic acid groups (broad SMARTS) is 1. The number of amides is 2. The summed E-state index contributed by atoms with van der Waals surface area (Å²) >= 11 is 12.0. The summed E-state index contributed by atoms with van der Waals surface area (Å²) in [5.41, 5.74) is 3.29. The maximum atomic E-state index is 12.8. The fraction of sp³-hybridized carbons (Fsp3) is 0.259. The van der Waals surface area contributed by atoms with Crippen LogP contribution in [0.2, 0.25) is 10.0 Å². The van der Waals surface area contributed by atoms with E-state index < -0.39 is 29.9 Å². The number of hydrogen-bond acceptors (Lipinski definition) is 6. The highest BCUT2D eigenvalue weighted by Crippen LogP contribution is 2.28. The van der Waals surface area contributed by atoms with Crippen molar-refractivity contribution >= 4 is 47.2 Å². The Labute approximate surface area is 229 Å². The van der Waals surface area contributed by atoms with E-state index in [1.807, 2.05) is 13.8 Å². The minimum absolute atomic E-state index is 0.108. The molecule has 11 heteroatoms. The topological polar surface area (TPSA) is 130 Å². The third-order valence-electron chi connectivity index (χ3n) is 5.32. The van der Waals surface area contributed by atoms with Crippen LogP contribution in [0.5, 0.6) is 5.75 Å². The van der Waals surface area contributed by atoms with Crippen molar-refractivity contribution < 1.29 is 28.6 Å². The van der Waals surface area contributed by atoms with Gasteiger partial charge in [-0.05, 0) is 61.7 Å². The third-order valence-corrected chi connectivity index (χ3v) is 5.85. The molecule has 200 valence electrons. The molecule has 2 aromatic carbocycles. The molecule has 3 N–H and O–H groups in total. The number of hydrazone groups is 1. The lowest BCUT2D eigenvalue weighted by atomic mass is 10.0. The highest BCUT2D eigenvalue weighted by molar-refractivity contribution is 6.35. The second-order valence-electron chi connectivity index (χ2n) is 8.84. The molecule has 1 aromatic heterocycles. The number of halogens is 2. The monoisotopic (exact) mass is 559 g/mol. The Bertz CT molecular complexity index is 1320. The second kappa shape index (κ2) is 13.1. The normalized spacial score (nSPS) is 12.8. The molecule has 1 heterocycles. The van der Waals surface area contributed by atoms with Crippen molar-refractivity contribution in [1.82, 2.24) is 10.7 Å². The molecular formula is C27H27Cl2N3O6. The first-order valence-corrected chi connectivity index (χ1v) is 12.5. The Morgan fingerprint density at radius 2 is 1.74 bits per heavy atom. The second-order valence-corrected chi connectivity index (χ2v) is 9.69. The van der Waals surface area contributed by atoms with Crippen molar-refractivity contribution in [2.24, 2.45) is 11.0 Å². The van der Waals surface area contributed by atoms with E-state index in [4.69, 9.17) is 37.5 Å². The van der Waals surface area contributed by atoms with E-state index in [0.717, 1.165) is 0 Å². The zero-order valence-corrected chi connectivity index (χ0v) is 22.4. The van der Waals surface area contributed by atoms with Crippen LogP contribution < -0.4 is 15.5 Å². The number of carbonyl (C=O) groups excluding carboxylic acids is 2. The SMILES string of the molecule is CC(C)C[C@@H](NC(=O)[C@@H](C)Oc1ccc(Cl)cc1Cl)C(=O)N/N=C\c1ccc(-c2ccc(C(=O)O)cc2)o1. The van der Waals surface area contributed by atoms with E-state index in [2.05, 4.69) is 15.8 Å². The summed E-state index contributed by atoms with van der Waals surface area (Å²) in [6, 6.07) is 13.4. The number of nitrogens with one attached hydrogen (secondary N) is 2. The van der Waals surface area contributed by atoms with Crippen LogP contribution in [0.15, 0.2) is 64.1 Å². The van der Waals surface area contributed by atoms with Gasteiger partial charge in [0.1, 0.15) is 23.3 Å². The summed E-state index contributed by atoms with van der Waals surface area (Å²) in [6.45, 7) is 5.40. The largest absolute Gasteiger partial charge is 0.479 e. The van der Waals surface area contributed by atoms with Gasteiger partial charge in [-0.15, -0.1) is 0 Å². The van der Waals surface area contributed by atoms with Gasteiger partial charge in [0.2, 0.25) is 0 Å². The predicted molar refractivity (Wildman–Crippen MR) is 145 cm³/mol. The van der Waals surface area contributed by atoms with E-state index >= 15 is 0 Å².